The highest BCUT2D eigenvalue weighted by Crippen LogP contribution is 2.23. The van der Waals surface area contributed by atoms with Crippen LogP contribution in [0.4, 0.5) is 5.82 Å². The van der Waals surface area contributed by atoms with Gasteiger partial charge < -0.3 is 14.7 Å². The van der Waals surface area contributed by atoms with Gasteiger partial charge >= 0.3 is 0 Å². The van der Waals surface area contributed by atoms with Gasteiger partial charge in [-0.25, -0.2) is 0 Å². The zero-order valence-electron chi connectivity index (χ0n) is 7.28. The molecule has 0 saturated heterocycles. The number of anilines is 1. The fourth-order valence-corrected chi connectivity index (χ4v) is 1.11. The van der Waals surface area contributed by atoms with Crippen molar-refractivity contribution in [3.8, 4) is 11.5 Å². The molecule has 0 radical (unpaired) electrons. The van der Waals surface area contributed by atoms with Crippen molar-refractivity contribution in [2.45, 2.75) is 13.3 Å². The first-order valence-corrected chi connectivity index (χ1v) is 4.11. The Morgan fingerprint density at radius 1 is 1.38 bits per heavy atom. The number of aryl methyl sites for hydroxylation is 1. The van der Waals surface area contributed by atoms with Crippen molar-refractivity contribution in [1.82, 2.24) is 5.16 Å². The molecule has 0 aliphatic heterocycles. The van der Waals surface area contributed by atoms with E-state index in [2.05, 4.69) is 5.16 Å². The fraction of sp³-hybridized carbons (Fsp3) is 0.222. The predicted octanol–water partition coefficient (Wildman–Crippen LogP) is 2.08. The number of hydrogen-bond acceptors (Lipinski definition) is 4. The summed E-state index contributed by atoms with van der Waals surface area (Å²) >= 11 is 0. The highest BCUT2D eigenvalue weighted by Gasteiger charge is 2.08. The molecule has 0 fully saturated rings. The van der Waals surface area contributed by atoms with Gasteiger partial charge in [0.1, 0.15) is 5.76 Å². The van der Waals surface area contributed by atoms with Gasteiger partial charge in [-0.2, -0.15) is 0 Å². The third-order valence-corrected chi connectivity index (χ3v) is 1.78. The molecule has 2 aromatic heterocycles. The first kappa shape index (κ1) is 7.91. The summed E-state index contributed by atoms with van der Waals surface area (Å²) in [5.41, 5.74) is 5.41. The quantitative estimate of drug-likeness (QED) is 0.764. The van der Waals surface area contributed by atoms with Crippen LogP contribution in [-0.4, -0.2) is 5.16 Å². The maximum absolute atomic E-state index is 5.44. The summed E-state index contributed by atoms with van der Waals surface area (Å²) in [7, 11) is 0. The fourth-order valence-electron chi connectivity index (χ4n) is 1.11. The smallest absolute Gasteiger partial charge is 0.204 e. The molecule has 0 aliphatic rings. The van der Waals surface area contributed by atoms with Crippen molar-refractivity contribution in [2.75, 3.05) is 5.73 Å². The lowest BCUT2D eigenvalue weighted by Gasteiger charge is -1.87. The minimum absolute atomic E-state index is 0.365. The zero-order valence-corrected chi connectivity index (χ0v) is 7.28. The van der Waals surface area contributed by atoms with E-state index in [9.17, 15) is 0 Å². The van der Waals surface area contributed by atoms with Crippen molar-refractivity contribution >= 4 is 5.82 Å². The Labute approximate surface area is 75.3 Å². The Bertz CT molecular complexity index is 403. The van der Waals surface area contributed by atoms with E-state index in [-0.39, 0.29) is 0 Å². The molecular formula is C9H10N2O2. The molecule has 0 aliphatic carbocycles. The van der Waals surface area contributed by atoms with Crippen molar-refractivity contribution < 1.29 is 8.94 Å². The van der Waals surface area contributed by atoms with Crippen LogP contribution >= 0.6 is 0 Å². The molecule has 2 rings (SSSR count). The minimum atomic E-state index is 0.365. The first-order valence-electron chi connectivity index (χ1n) is 4.11. The lowest BCUT2D eigenvalue weighted by atomic mass is 10.3. The Morgan fingerprint density at radius 3 is 2.77 bits per heavy atom. The van der Waals surface area contributed by atoms with Crippen LogP contribution in [0.3, 0.4) is 0 Å². The Balaban J connectivity index is 2.35. The molecular weight excluding hydrogens is 168 g/mol. The summed E-state index contributed by atoms with van der Waals surface area (Å²) in [6.45, 7) is 2.03. The van der Waals surface area contributed by atoms with Crippen LogP contribution in [0, 0.1) is 0 Å². The van der Waals surface area contributed by atoms with Crippen molar-refractivity contribution in [3.63, 3.8) is 0 Å². The summed E-state index contributed by atoms with van der Waals surface area (Å²) in [6, 6.07) is 5.39. The van der Waals surface area contributed by atoms with E-state index in [4.69, 9.17) is 14.7 Å². The van der Waals surface area contributed by atoms with E-state index in [1.165, 1.54) is 0 Å². The van der Waals surface area contributed by atoms with Crippen LogP contribution in [0.2, 0.25) is 0 Å². The normalized spacial score (nSPS) is 10.5. The number of nitrogens with zero attached hydrogens (tertiary/aromatic N) is 1. The van der Waals surface area contributed by atoms with Crippen molar-refractivity contribution in [2.24, 2.45) is 0 Å². The monoisotopic (exact) mass is 178 g/mol. The second kappa shape index (κ2) is 2.97. The summed E-state index contributed by atoms with van der Waals surface area (Å²) in [5, 5.41) is 3.57. The van der Waals surface area contributed by atoms with Gasteiger partial charge in [-0.15, -0.1) is 0 Å². The van der Waals surface area contributed by atoms with Crippen molar-refractivity contribution in [1.29, 1.82) is 0 Å². The van der Waals surface area contributed by atoms with Crippen LogP contribution in [0.15, 0.2) is 27.1 Å². The van der Waals surface area contributed by atoms with Gasteiger partial charge in [0, 0.05) is 12.5 Å². The molecule has 4 nitrogen and oxygen atoms in total. The zero-order chi connectivity index (χ0) is 9.26. The Kier molecular flexibility index (Phi) is 1.81. The summed E-state index contributed by atoms with van der Waals surface area (Å²) < 4.78 is 10.4. The molecule has 0 unspecified atom stereocenters. The molecule has 0 amide bonds. The first-order chi connectivity index (χ1) is 6.29. The number of aromatic nitrogens is 1. The maximum atomic E-state index is 5.44. The van der Waals surface area contributed by atoms with Gasteiger partial charge in [0.15, 0.2) is 11.6 Å². The molecule has 2 aromatic rings. The van der Waals surface area contributed by atoms with Crippen molar-refractivity contribution in [3.05, 3.63) is 24.0 Å². The molecule has 2 heterocycles. The summed E-state index contributed by atoms with van der Waals surface area (Å²) in [4.78, 5) is 0. The van der Waals surface area contributed by atoms with Crippen LogP contribution < -0.4 is 5.73 Å². The second-order valence-electron chi connectivity index (χ2n) is 2.74. The van der Waals surface area contributed by atoms with E-state index >= 15 is 0 Å². The number of rotatable bonds is 2. The van der Waals surface area contributed by atoms with E-state index in [1.807, 2.05) is 19.1 Å². The molecule has 2 N–H and O–H groups in total. The molecule has 0 aromatic carbocycles. The molecule has 0 saturated carbocycles. The van der Waals surface area contributed by atoms with E-state index in [0.717, 1.165) is 12.2 Å². The lowest BCUT2D eigenvalue weighted by molar-refractivity contribution is 0.416. The van der Waals surface area contributed by atoms with E-state index < -0.39 is 0 Å². The molecule has 4 heteroatoms. The summed E-state index contributed by atoms with van der Waals surface area (Å²) in [6.07, 6.45) is 0.865. The minimum Gasteiger partial charge on any atom is -0.458 e. The molecule has 0 spiro atoms. The van der Waals surface area contributed by atoms with Crippen LogP contribution in [0.25, 0.3) is 11.5 Å². The van der Waals surface area contributed by atoms with Crippen LogP contribution in [0.1, 0.15) is 12.7 Å². The number of nitrogens with two attached hydrogens (primary N) is 1. The second-order valence-corrected chi connectivity index (χ2v) is 2.74. The average molecular weight is 178 g/mol. The Morgan fingerprint density at radius 2 is 2.23 bits per heavy atom. The van der Waals surface area contributed by atoms with Gasteiger partial charge in [0.05, 0.1) is 0 Å². The number of furan rings is 1. The summed E-state index contributed by atoms with van der Waals surface area (Å²) in [5.74, 6) is 2.52. The number of hydrogen-bond donors (Lipinski definition) is 1. The lowest BCUT2D eigenvalue weighted by Crippen LogP contribution is -1.79. The number of nitrogen functional groups attached to an aromatic ring is 1. The maximum Gasteiger partial charge on any atom is 0.204 e. The topological polar surface area (TPSA) is 65.2 Å². The van der Waals surface area contributed by atoms with Gasteiger partial charge in [-0.05, 0) is 12.1 Å². The molecule has 13 heavy (non-hydrogen) atoms. The average Bonchev–Trinajstić information content (AvgIpc) is 2.71. The predicted molar refractivity (Wildman–Crippen MR) is 48.0 cm³/mol. The third kappa shape index (κ3) is 1.42. The van der Waals surface area contributed by atoms with Gasteiger partial charge in [0.25, 0.3) is 0 Å². The molecule has 0 atom stereocenters. The highest BCUT2D eigenvalue weighted by atomic mass is 16.5. The standard InChI is InChI=1S/C9H10N2O2/c1-2-6-3-4-7(12-6)8-5-9(10)11-13-8/h3-5H,2H2,1H3,(H2,10,11). The van der Waals surface area contributed by atoms with Gasteiger partial charge in [-0.3, -0.25) is 0 Å². The SMILES string of the molecule is CCc1ccc(-c2cc(N)no2)o1. The molecule has 0 bridgehead atoms. The van der Waals surface area contributed by atoms with Gasteiger partial charge in [0.2, 0.25) is 5.76 Å². The third-order valence-electron chi connectivity index (χ3n) is 1.78. The van der Waals surface area contributed by atoms with E-state index in [0.29, 0.717) is 17.3 Å². The highest BCUT2D eigenvalue weighted by molar-refractivity contribution is 5.53. The Hall–Kier alpha value is -1.71. The van der Waals surface area contributed by atoms with Crippen LogP contribution in [0.5, 0.6) is 0 Å². The largest absolute Gasteiger partial charge is 0.458 e. The van der Waals surface area contributed by atoms with Crippen LogP contribution in [-0.2, 0) is 6.42 Å². The van der Waals surface area contributed by atoms with Gasteiger partial charge in [-0.1, -0.05) is 12.1 Å². The molecule has 68 valence electrons. The van der Waals surface area contributed by atoms with E-state index in [1.54, 1.807) is 6.07 Å².